The quantitative estimate of drug-likeness (QED) is 0.862. The lowest BCUT2D eigenvalue weighted by molar-refractivity contribution is 0.242. The van der Waals surface area contributed by atoms with Gasteiger partial charge in [-0.25, -0.2) is 9.97 Å². The van der Waals surface area contributed by atoms with E-state index in [4.69, 9.17) is 4.98 Å². The molecule has 132 valence electrons. The normalized spacial score (nSPS) is 18.1. The van der Waals surface area contributed by atoms with E-state index in [1.54, 1.807) is 0 Å². The largest absolute Gasteiger partial charge is 0.294 e. The summed E-state index contributed by atoms with van der Waals surface area (Å²) in [5, 5.41) is 4.54. The fourth-order valence-corrected chi connectivity index (χ4v) is 3.80. The van der Waals surface area contributed by atoms with Gasteiger partial charge in [0.25, 0.3) is 0 Å². The molecule has 2 aliphatic rings. The van der Waals surface area contributed by atoms with Crippen molar-refractivity contribution in [3.8, 4) is 0 Å². The van der Waals surface area contributed by atoms with Crippen LogP contribution in [0.3, 0.4) is 0 Å². The van der Waals surface area contributed by atoms with Gasteiger partial charge in [0.05, 0.1) is 17.1 Å². The average molecular weight is 338 g/mol. The lowest BCUT2D eigenvalue weighted by atomic mass is 10.0. The molecule has 0 radical (unpaired) electrons. The van der Waals surface area contributed by atoms with Crippen molar-refractivity contribution >= 4 is 5.71 Å². The third-order valence-electron chi connectivity index (χ3n) is 5.44. The monoisotopic (exact) mass is 338 g/mol. The van der Waals surface area contributed by atoms with Crippen molar-refractivity contribution in [3.63, 3.8) is 0 Å². The first-order valence-electron chi connectivity index (χ1n) is 9.21. The highest BCUT2D eigenvalue weighted by atomic mass is 15.3. The molecule has 0 spiro atoms. The van der Waals surface area contributed by atoms with E-state index >= 15 is 0 Å². The summed E-state index contributed by atoms with van der Waals surface area (Å²) in [5.74, 6) is 0.853. The van der Waals surface area contributed by atoms with Crippen LogP contribution in [0.25, 0.3) is 0 Å². The molecule has 0 amide bonds. The van der Waals surface area contributed by atoms with Gasteiger partial charge in [-0.05, 0) is 33.1 Å². The number of aromatic nitrogens is 4. The molecule has 6 heteroatoms. The minimum Gasteiger partial charge on any atom is -0.294 e. The Morgan fingerprint density at radius 2 is 2.04 bits per heavy atom. The Bertz CT molecular complexity index is 820. The minimum atomic E-state index is 0.853. The Morgan fingerprint density at radius 3 is 2.76 bits per heavy atom. The first kappa shape index (κ1) is 16.4. The predicted molar refractivity (Wildman–Crippen MR) is 97.8 cm³/mol. The van der Waals surface area contributed by atoms with Crippen molar-refractivity contribution in [1.82, 2.24) is 24.6 Å². The van der Waals surface area contributed by atoms with Gasteiger partial charge in [-0.1, -0.05) is 0 Å². The van der Waals surface area contributed by atoms with E-state index < -0.39 is 0 Å². The molecule has 4 heterocycles. The molecule has 0 fully saturated rings. The van der Waals surface area contributed by atoms with Crippen LogP contribution in [0.5, 0.6) is 0 Å². The molecule has 6 nitrogen and oxygen atoms in total. The molecule has 4 rings (SSSR count). The zero-order valence-electron chi connectivity index (χ0n) is 15.4. The van der Waals surface area contributed by atoms with Gasteiger partial charge in [0.15, 0.2) is 5.82 Å². The summed E-state index contributed by atoms with van der Waals surface area (Å²) in [4.78, 5) is 16.5. The van der Waals surface area contributed by atoms with Gasteiger partial charge in [0.2, 0.25) is 0 Å². The highest BCUT2D eigenvalue weighted by Crippen LogP contribution is 2.22. The Balaban J connectivity index is 1.51. The molecule has 0 aromatic carbocycles. The Kier molecular flexibility index (Phi) is 4.37. The number of hydrogen-bond acceptors (Lipinski definition) is 5. The number of nitrogens with zero attached hydrogens (tertiary/aromatic N) is 6. The van der Waals surface area contributed by atoms with Gasteiger partial charge >= 0.3 is 0 Å². The van der Waals surface area contributed by atoms with Gasteiger partial charge in [-0.3, -0.25) is 14.6 Å². The summed E-state index contributed by atoms with van der Waals surface area (Å²) in [6.45, 7) is 8.06. The van der Waals surface area contributed by atoms with Crippen LogP contribution < -0.4 is 0 Å². The maximum atomic E-state index is 4.83. The van der Waals surface area contributed by atoms with Crippen LogP contribution >= 0.6 is 0 Å². The second-order valence-corrected chi connectivity index (χ2v) is 7.18. The molecule has 2 aromatic rings. The highest BCUT2D eigenvalue weighted by molar-refractivity contribution is 5.97. The van der Waals surface area contributed by atoms with Crippen molar-refractivity contribution in [1.29, 1.82) is 0 Å². The summed E-state index contributed by atoms with van der Waals surface area (Å²) < 4.78 is 1.98. The molecular weight excluding hydrogens is 312 g/mol. The number of rotatable bonds is 3. The molecule has 0 unspecified atom stereocenters. The van der Waals surface area contributed by atoms with Gasteiger partial charge in [0.1, 0.15) is 0 Å². The summed E-state index contributed by atoms with van der Waals surface area (Å²) >= 11 is 0. The zero-order valence-corrected chi connectivity index (χ0v) is 15.4. The number of hydrogen-bond donors (Lipinski definition) is 0. The van der Waals surface area contributed by atoms with Crippen LogP contribution in [0, 0.1) is 13.8 Å². The van der Waals surface area contributed by atoms with E-state index in [0.29, 0.717) is 0 Å². The minimum absolute atomic E-state index is 0.853. The van der Waals surface area contributed by atoms with E-state index in [-0.39, 0.29) is 0 Å². The topological polar surface area (TPSA) is 59.2 Å². The van der Waals surface area contributed by atoms with Gasteiger partial charge < -0.3 is 0 Å². The van der Waals surface area contributed by atoms with E-state index in [1.807, 2.05) is 17.9 Å². The molecule has 0 atom stereocenters. The summed E-state index contributed by atoms with van der Waals surface area (Å²) in [5.41, 5.74) is 7.29. The van der Waals surface area contributed by atoms with Crippen LogP contribution in [-0.4, -0.2) is 43.4 Å². The maximum Gasteiger partial charge on any atom is 0.173 e. The van der Waals surface area contributed by atoms with E-state index in [9.17, 15) is 0 Å². The Hall–Kier alpha value is -2.08. The molecule has 0 N–H and O–H groups in total. The molecule has 0 aliphatic carbocycles. The predicted octanol–water partition coefficient (Wildman–Crippen LogP) is 2.36. The first-order valence-corrected chi connectivity index (χ1v) is 9.21. The Labute approximate surface area is 149 Å². The molecule has 25 heavy (non-hydrogen) atoms. The average Bonchev–Trinajstić information content (AvgIpc) is 2.88. The van der Waals surface area contributed by atoms with Crippen LogP contribution in [0.2, 0.25) is 0 Å². The van der Waals surface area contributed by atoms with Crippen molar-refractivity contribution in [3.05, 3.63) is 40.2 Å². The van der Waals surface area contributed by atoms with Crippen molar-refractivity contribution in [2.45, 2.75) is 52.6 Å². The first-order chi connectivity index (χ1) is 12.1. The SMILES string of the molecule is Cc1nn(C)c(C)c1CN1CCc2nc(C3=NCCCC3)ncc2C1. The summed E-state index contributed by atoms with van der Waals surface area (Å²) in [6.07, 6.45) is 6.41. The lowest BCUT2D eigenvalue weighted by Crippen LogP contribution is -2.31. The van der Waals surface area contributed by atoms with Gasteiger partial charge in [-0.15, -0.1) is 0 Å². The van der Waals surface area contributed by atoms with Crippen LogP contribution in [-0.2, 0) is 26.6 Å². The number of aliphatic imine (C=N–C) groups is 1. The van der Waals surface area contributed by atoms with Crippen molar-refractivity contribution < 1.29 is 0 Å². The summed E-state index contributed by atoms with van der Waals surface area (Å²) in [7, 11) is 2.01. The van der Waals surface area contributed by atoms with Gasteiger partial charge in [-0.2, -0.15) is 5.10 Å². The third kappa shape index (κ3) is 3.23. The maximum absolute atomic E-state index is 4.83. The third-order valence-corrected chi connectivity index (χ3v) is 5.44. The Morgan fingerprint density at radius 1 is 1.16 bits per heavy atom. The van der Waals surface area contributed by atoms with Crippen LogP contribution in [0.1, 0.15) is 53.3 Å². The van der Waals surface area contributed by atoms with E-state index in [0.717, 1.165) is 56.3 Å². The number of aryl methyl sites for hydroxylation is 2. The van der Waals surface area contributed by atoms with Crippen LogP contribution in [0.4, 0.5) is 0 Å². The zero-order chi connectivity index (χ0) is 17.4. The fraction of sp³-hybridized carbons (Fsp3) is 0.579. The van der Waals surface area contributed by atoms with Crippen molar-refractivity contribution in [2.24, 2.45) is 12.0 Å². The molecule has 0 saturated carbocycles. The molecule has 2 aromatic heterocycles. The molecule has 2 aliphatic heterocycles. The fourth-order valence-electron chi connectivity index (χ4n) is 3.80. The molecular formula is C19H26N6. The molecule has 0 saturated heterocycles. The molecule has 0 bridgehead atoms. The lowest BCUT2D eigenvalue weighted by Gasteiger charge is -2.28. The second-order valence-electron chi connectivity index (χ2n) is 7.18. The standard InChI is InChI=1S/C19H26N6/c1-13-16(14(2)24(3)23-13)12-25-9-7-17-15(11-25)10-21-19(22-17)18-6-4-5-8-20-18/h10H,4-9,11-12H2,1-3H3. The van der Waals surface area contributed by atoms with Crippen molar-refractivity contribution in [2.75, 3.05) is 13.1 Å². The number of fused-ring (bicyclic) bond motifs is 1. The summed E-state index contributed by atoms with van der Waals surface area (Å²) in [6, 6.07) is 0. The smallest absolute Gasteiger partial charge is 0.173 e. The van der Waals surface area contributed by atoms with E-state index in [1.165, 1.54) is 35.4 Å². The van der Waals surface area contributed by atoms with E-state index in [2.05, 4.69) is 33.8 Å². The second kappa shape index (κ2) is 6.67. The highest BCUT2D eigenvalue weighted by Gasteiger charge is 2.22. The van der Waals surface area contributed by atoms with Gasteiger partial charge in [0, 0.05) is 62.7 Å². The van der Waals surface area contributed by atoms with Crippen LogP contribution in [0.15, 0.2) is 11.2 Å².